The molecule has 2 amide bonds. The molecule has 35 heavy (non-hydrogen) atoms. The fourth-order valence-corrected chi connectivity index (χ4v) is 5.64. The van der Waals surface area contributed by atoms with Crippen molar-refractivity contribution in [1.29, 1.82) is 0 Å². The van der Waals surface area contributed by atoms with Gasteiger partial charge in [0, 0.05) is 29.7 Å². The molecule has 2 saturated heterocycles. The van der Waals surface area contributed by atoms with Gasteiger partial charge in [0.2, 0.25) is 0 Å². The maximum atomic E-state index is 13.9. The number of nitrogens with one attached hydrogen (secondary N) is 1. The van der Waals surface area contributed by atoms with Crippen LogP contribution in [-0.4, -0.2) is 53.8 Å². The smallest absolute Gasteiger partial charge is 0.256 e. The molecule has 5 nitrogen and oxygen atoms in total. The van der Waals surface area contributed by atoms with Gasteiger partial charge in [-0.1, -0.05) is 54.4 Å². The molecule has 0 aliphatic carbocycles. The lowest BCUT2D eigenvalue weighted by Gasteiger charge is -2.40. The normalized spacial score (nSPS) is 19.0. The quantitative estimate of drug-likeness (QED) is 0.462. The van der Waals surface area contributed by atoms with E-state index in [1.54, 1.807) is 18.2 Å². The molecule has 0 saturated carbocycles. The van der Waals surface area contributed by atoms with Crippen LogP contribution in [0.15, 0.2) is 60.7 Å². The Morgan fingerprint density at radius 1 is 0.857 bits per heavy atom. The molecule has 2 fully saturated rings. The molecule has 3 aromatic carbocycles. The third-order valence-electron chi connectivity index (χ3n) is 7.30. The monoisotopic (exact) mass is 489 g/mol. The Kier molecular flexibility index (Phi) is 7.35. The van der Waals surface area contributed by atoms with Crippen molar-refractivity contribution in [2.45, 2.75) is 44.6 Å². The van der Waals surface area contributed by atoms with Crippen molar-refractivity contribution >= 4 is 39.9 Å². The molecule has 0 radical (unpaired) electrons. The van der Waals surface area contributed by atoms with Crippen LogP contribution in [0.1, 0.15) is 59.2 Å². The third-order valence-corrected chi connectivity index (χ3v) is 7.54. The first kappa shape index (κ1) is 23.8. The maximum Gasteiger partial charge on any atom is 0.256 e. The number of amides is 2. The van der Waals surface area contributed by atoms with Crippen molar-refractivity contribution < 1.29 is 9.59 Å². The van der Waals surface area contributed by atoms with Crippen LogP contribution in [-0.2, 0) is 0 Å². The number of nitrogens with zero attached hydrogens (tertiary/aromatic N) is 2. The highest BCUT2D eigenvalue weighted by atomic mass is 35.5. The number of hydrogen-bond donors (Lipinski definition) is 1. The highest BCUT2D eigenvalue weighted by Gasteiger charge is 2.31. The molecule has 1 N–H and O–H groups in total. The average Bonchev–Trinajstić information content (AvgIpc) is 2.90. The van der Waals surface area contributed by atoms with Gasteiger partial charge in [-0.2, -0.15) is 0 Å². The summed E-state index contributed by atoms with van der Waals surface area (Å²) in [4.78, 5) is 31.7. The summed E-state index contributed by atoms with van der Waals surface area (Å²) in [5, 5.41) is 5.38. The Balaban J connectivity index is 1.40. The van der Waals surface area contributed by atoms with E-state index in [0.717, 1.165) is 56.2 Å². The van der Waals surface area contributed by atoms with Gasteiger partial charge in [-0.25, -0.2) is 0 Å². The van der Waals surface area contributed by atoms with Gasteiger partial charge in [-0.3, -0.25) is 9.59 Å². The highest BCUT2D eigenvalue weighted by Crippen LogP contribution is 2.28. The minimum atomic E-state index is -0.235. The fraction of sp³-hybridized carbons (Fsp3) is 0.379. The number of benzene rings is 3. The summed E-state index contributed by atoms with van der Waals surface area (Å²) >= 11 is 6.33. The molecule has 0 bridgehead atoms. The van der Waals surface area contributed by atoms with Crippen molar-refractivity contribution in [3.05, 3.63) is 76.8 Å². The standard InChI is InChI=1S/C29H32ClN3O2/c30-22-14-15-27(31-28(34)25-13-8-10-21-9-2-3-12-24(21)25)26(19-22)29(35)33-18-7-4-11-23(33)20-32-16-5-1-6-17-32/h2-3,8-10,12-15,19,23H,1,4-7,11,16-18,20H2,(H,31,34). The molecule has 2 aliphatic heterocycles. The number of rotatable bonds is 5. The predicted molar refractivity (Wildman–Crippen MR) is 142 cm³/mol. The first-order chi connectivity index (χ1) is 17.1. The van der Waals surface area contributed by atoms with E-state index in [9.17, 15) is 9.59 Å². The zero-order valence-corrected chi connectivity index (χ0v) is 20.8. The van der Waals surface area contributed by atoms with Gasteiger partial charge in [0.15, 0.2) is 0 Å². The number of halogens is 1. The summed E-state index contributed by atoms with van der Waals surface area (Å²) in [6, 6.07) is 18.8. The van der Waals surface area contributed by atoms with E-state index in [2.05, 4.69) is 10.2 Å². The highest BCUT2D eigenvalue weighted by molar-refractivity contribution is 6.31. The van der Waals surface area contributed by atoms with Crippen molar-refractivity contribution in [1.82, 2.24) is 9.80 Å². The first-order valence-corrected chi connectivity index (χ1v) is 13.1. The second-order valence-corrected chi connectivity index (χ2v) is 10.1. The summed E-state index contributed by atoms with van der Waals surface area (Å²) in [5.41, 5.74) is 1.54. The van der Waals surface area contributed by atoms with Crippen LogP contribution in [0.25, 0.3) is 10.8 Å². The van der Waals surface area contributed by atoms with Gasteiger partial charge < -0.3 is 15.1 Å². The molecule has 0 spiro atoms. The van der Waals surface area contributed by atoms with Crippen LogP contribution in [0.4, 0.5) is 5.69 Å². The average molecular weight is 490 g/mol. The Hall–Kier alpha value is -2.89. The molecule has 2 aliphatic rings. The van der Waals surface area contributed by atoms with E-state index in [1.807, 2.05) is 47.4 Å². The minimum absolute atomic E-state index is 0.0533. The molecular weight excluding hydrogens is 458 g/mol. The van der Waals surface area contributed by atoms with Crippen LogP contribution < -0.4 is 5.32 Å². The SMILES string of the molecule is O=C(Nc1ccc(Cl)cc1C(=O)N1CCCCC1CN1CCCCC1)c1cccc2ccccc12. The van der Waals surface area contributed by atoms with Crippen molar-refractivity contribution in [3.8, 4) is 0 Å². The van der Waals surface area contributed by atoms with Gasteiger partial charge in [-0.05, 0) is 80.2 Å². The number of hydrogen-bond acceptors (Lipinski definition) is 3. The lowest BCUT2D eigenvalue weighted by atomic mass is 9.98. The second-order valence-electron chi connectivity index (χ2n) is 9.68. The molecule has 5 rings (SSSR count). The van der Waals surface area contributed by atoms with Crippen molar-refractivity contribution in [2.24, 2.45) is 0 Å². The number of piperidine rings is 2. The number of carbonyl (C=O) groups excluding carboxylic acids is 2. The number of carbonyl (C=O) groups is 2. The number of fused-ring (bicyclic) bond motifs is 1. The lowest BCUT2D eigenvalue weighted by molar-refractivity contribution is 0.0530. The number of likely N-dealkylation sites (tertiary alicyclic amines) is 2. The van der Waals surface area contributed by atoms with Gasteiger partial charge in [0.1, 0.15) is 0 Å². The predicted octanol–water partition coefficient (Wildman–Crippen LogP) is 6.23. The molecule has 1 atom stereocenters. The second kappa shape index (κ2) is 10.8. The van der Waals surface area contributed by atoms with E-state index in [0.29, 0.717) is 21.8 Å². The number of anilines is 1. The van der Waals surface area contributed by atoms with Crippen molar-refractivity contribution in [3.63, 3.8) is 0 Å². The molecule has 0 aromatic heterocycles. The largest absolute Gasteiger partial charge is 0.334 e. The molecular formula is C29H32ClN3O2. The molecule has 182 valence electrons. The third kappa shape index (κ3) is 5.36. The van der Waals surface area contributed by atoms with Gasteiger partial charge in [0.25, 0.3) is 11.8 Å². The zero-order chi connectivity index (χ0) is 24.2. The summed E-state index contributed by atoms with van der Waals surface area (Å²) in [5.74, 6) is -0.288. The van der Waals surface area contributed by atoms with Gasteiger partial charge in [-0.15, -0.1) is 0 Å². The van der Waals surface area contributed by atoms with E-state index in [-0.39, 0.29) is 17.9 Å². The summed E-state index contributed by atoms with van der Waals surface area (Å²) in [6.07, 6.45) is 6.92. The van der Waals surface area contributed by atoms with Crippen LogP contribution in [0.3, 0.4) is 0 Å². The Bertz CT molecular complexity index is 1220. The first-order valence-electron chi connectivity index (χ1n) is 12.7. The van der Waals surface area contributed by atoms with E-state index in [1.165, 1.54) is 19.3 Å². The molecule has 3 aromatic rings. The van der Waals surface area contributed by atoms with Crippen LogP contribution in [0.5, 0.6) is 0 Å². The summed E-state index contributed by atoms with van der Waals surface area (Å²) < 4.78 is 0. The van der Waals surface area contributed by atoms with Gasteiger partial charge >= 0.3 is 0 Å². The topological polar surface area (TPSA) is 52.7 Å². The van der Waals surface area contributed by atoms with Crippen molar-refractivity contribution in [2.75, 3.05) is 31.5 Å². The Labute approximate surface area is 212 Å². The van der Waals surface area contributed by atoms with E-state index >= 15 is 0 Å². The van der Waals surface area contributed by atoms with Gasteiger partial charge in [0.05, 0.1) is 11.3 Å². The zero-order valence-electron chi connectivity index (χ0n) is 20.0. The lowest BCUT2D eigenvalue weighted by Crippen LogP contribution is -2.50. The van der Waals surface area contributed by atoms with E-state index in [4.69, 9.17) is 11.6 Å². The fourth-order valence-electron chi connectivity index (χ4n) is 5.47. The Morgan fingerprint density at radius 3 is 2.49 bits per heavy atom. The summed E-state index contributed by atoms with van der Waals surface area (Å²) in [7, 11) is 0. The Morgan fingerprint density at radius 2 is 1.63 bits per heavy atom. The molecule has 2 heterocycles. The van der Waals surface area contributed by atoms with E-state index < -0.39 is 0 Å². The minimum Gasteiger partial charge on any atom is -0.334 e. The van der Waals surface area contributed by atoms with Crippen LogP contribution in [0.2, 0.25) is 5.02 Å². The molecule has 6 heteroatoms. The van der Waals surface area contributed by atoms with Crippen LogP contribution >= 0.6 is 11.6 Å². The molecule has 1 unspecified atom stereocenters. The summed E-state index contributed by atoms with van der Waals surface area (Å²) in [6.45, 7) is 3.88. The maximum absolute atomic E-state index is 13.9. The van der Waals surface area contributed by atoms with Crippen LogP contribution in [0, 0.1) is 0 Å².